The van der Waals surface area contributed by atoms with Crippen LogP contribution >= 0.6 is 11.3 Å². The van der Waals surface area contributed by atoms with Crippen molar-refractivity contribution in [3.63, 3.8) is 0 Å². The van der Waals surface area contributed by atoms with Crippen LogP contribution in [0.15, 0.2) is 69.0 Å². The van der Waals surface area contributed by atoms with Crippen LogP contribution in [0.1, 0.15) is 10.5 Å². The Labute approximate surface area is 175 Å². The van der Waals surface area contributed by atoms with Crippen LogP contribution in [0.2, 0.25) is 0 Å². The number of nitrogens with two attached hydrogens (primary N) is 1. The van der Waals surface area contributed by atoms with Crippen LogP contribution in [0, 0.1) is 12.3 Å². The van der Waals surface area contributed by atoms with E-state index >= 15 is 0 Å². The van der Waals surface area contributed by atoms with E-state index in [2.05, 4.69) is 16.1 Å². The van der Waals surface area contributed by atoms with Gasteiger partial charge in [-0.2, -0.15) is 4.99 Å². The minimum atomic E-state index is -3.86. The zero-order valence-corrected chi connectivity index (χ0v) is 17.0. The van der Waals surface area contributed by atoms with Crippen molar-refractivity contribution in [3.8, 4) is 23.7 Å². The van der Waals surface area contributed by atoms with Gasteiger partial charge in [-0.25, -0.2) is 13.6 Å². The van der Waals surface area contributed by atoms with Crippen molar-refractivity contribution >= 4 is 37.5 Å². The lowest BCUT2D eigenvalue weighted by Gasteiger charge is -2.01. The Morgan fingerprint density at radius 1 is 1.23 bits per heavy atom. The molecule has 0 saturated carbocycles. The number of sulfonamides is 1. The summed E-state index contributed by atoms with van der Waals surface area (Å²) >= 11 is 1.12. The van der Waals surface area contributed by atoms with Gasteiger partial charge in [0.15, 0.2) is 16.3 Å². The zero-order chi connectivity index (χ0) is 21.3. The van der Waals surface area contributed by atoms with E-state index in [1.165, 1.54) is 18.2 Å². The highest BCUT2D eigenvalue weighted by Gasteiger charge is 2.16. The molecule has 0 aliphatic rings. The molecule has 10 heteroatoms. The van der Waals surface area contributed by atoms with Crippen LogP contribution in [0.4, 0.5) is 0 Å². The van der Waals surface area contributed by atoms with Gasteiger partial charge in [-0.3, -0.25) is 4.79 Å². The maximum atomic E-state index is 12.7. The molecule has 0 saturated heterocycles. The van der Waals surface area contributed by atoms with E-state index in [1.807, 2.05) is 30.3 Å². The highest BCUT2D eigenvalue weighted by atomic mass is 32.2. The van der Waals surface area contributed by atoms with Gasteiger partial charge in [-0.1, -0.05) is 52.7 Å². The summed E-state index contributed by atoms with van der Waals surface area (Å²) in [6.45, 7) is 0.148. The van der Waals surface area contributed by atoms with Crippen LogP contribution in [0.25, 0.3) is 21.5 Å². The second-order valence-electron chi connectivity index (χ2n) is 6.21. The van der Waals surface area contributed by atoms with Crippen LogP contribution in [0.5, 0.6) is 0 Å². The fourth-order valence-electron chi connectivity index (χ4n) is 2.82. The number of thiazole rings is 1. The Balaban J connectivity index is 1.78. The number of benzene rings is 2. The molecular formula is C20H14N4O4S2. The minimum Gasteiger partial charge on any atom is -0.355 e. The second kappa shape index (κ2) is 7.72. The third-order valence-corrected chi connectivity index (χ3v) is 6.17. The first-order chi connectivity index (χ1) is 14.4. The van der Waals surface area contributed by atoms with Crippen LogP contribution in [-0.4, -0.2) is 24.0 Å². The van der Waals surface area contributed by atoms with E-state index in [1.54, 1.807) is 10.6 Å². The Bertz CT molecular complexity index is 1470. The summed E-state index contributed by atoms with van der Waals surface area (Å²) in [5.74, 6) is 2.35. The summed E-state index contributed by atoms with van der Waals surface area (Å²) in [7, 11) is -3.86. The van der Waals surface area contributed by atoms with Gasteiger partial charge in [0, 0.05) is 11.6 Å². The lowest BCUT2D eigenvalue weighted by atomic mass is 10.1. The van der Waals surface area contributed by atoms with Gasteiger partial charge in [0.1, 0.15) is 0 Å². The number of fused-ring (bicyclic) bond motifs is 1. The number of aromatic nitrogens is 2. The summed E-state index contributed by atoms with van der Waals surface area (Å²) < 4.78 is 30.7. The average Bonchev–Trinajstić information content (AvgIpc) is 3.34. The number of carbonyl (C=O) groups is 1. The molecule has 0 atom stereocenters. The largest absolute Gasteiger partial charge is 0.355 e. The molecule has 2 heterocycles. The quantitative estimate of drug-likeness (QED) is 0.491. The smallest absolute Gasteiger partial charge is 0.301 e. The number of amides is 1. The van der Waals surface area contributed by atoms with Gasteiger partial charge < -0.3 is 9.09 Å². The summed E-state index contributed by atoms with van der Waals surface area (Å²) in [6.07, 6.45) is 5.45. The topological polar surface area (TPSA) is 121 Å². The molecule has 0 spiro atoms. The molecule has 4 rings (SSSR count). The summed E-state index contributed by atoms with van der Waals surface area (Å²) in [4.78, 5) is 17.1. The van der Waals surface area contributed by atoms with Gasteiger partial charge in [0.05, 0.1) is 21.7 Å². The van der Waals surface area contributed by atoms with Crippen molar-refractivity contribution in [3.05, 3.63) is 65.1 Å². The van der Waals surface area contributed by atoms with Crippen LogP contribution in [-0.2, 0) is 16.6 Å². The maximum absolute atomic E-state index is 12.7. The van der Waals surface area contributed by atoms with Gasteiger partial charge in [0.25, 0.3) is 0 Å². The Kier molecular flexibility index (Phi) is 5.09. The van der Waals surface area contributed by atoms with Crippen molar-refractivity contribution < 1.29 is 17.7 Å². The third kappa shape index (κ3) is 3.81. The van der Waals surface area contributed by atoms with Gasteiger partial charge >= 0.3 is 5.91 Å². The Morgan fingerprint density at radius 3 is 2.70 bits per heavy atom. The van der Waals surface area contributed by atoms with E-state index in [4.69, 9.17) is 16.1 Å². The molecule has 30 heavy (non-hydrogen) atoms. The molecule has 0 bridgehead atoms. The average molecular weight is 438 g/mol. The number of hydrogen-bond acceptors (Lipinski definition) is 6. The first-order valence-electron chi connectivity index (χ1n) is 8.57. The molecule has 0 aliphatic heterocycles. The molecular weight excluding hydrogens is 424 g/mol. The zero-order valence-electron chi connectivity index (χ0n) is 15.3. The molecule has 4 aromatic rings. The van der Waals surface area contributed by atoms with Crippen LogP contribution < -0.4 is 9.94 Å². The maximum Gasteiger partial charge on any atom is 0.301 e. The van der Waals surface area contributed by atoms with Crippen molar-refractivity contribution in [1.82, 2.24) is 9.72 Å². The lowest BCUT2D eigenvalue weighted by molar-refractivity contribution is 0.0989. The molecule has 8 nitrogen and oxygen atoms in total. The molecule has 2 aromatic carbocycles. The molecule has 2 N–H and O–H groups in total. The number of hydrogen-bond donors (Lipinski definition) is 1. The Morgan fingerprint density at radius 2 is 2.00 bits per heavy atom. The number of rotatable bonds is 4. The molecule has 2 aromatic heterocycles. The summed E-state index contributed by atoms with van der Waals surface area (Å²) in [5, 5.41) is 9.01. The second-order valence-corrected chi connectivity index (χ2v) is 8.78. The van der Waals surface area contributed by atoms with Gasteiger partial charge in [-0.05, 0) is 18.2 Å². The highest BCUT2D eigenvalue weighted by molar-refractivity contribution is 7.89. The monoisotopic (exact) mass is 438 g/mol. The predicted molar refractivity (Wildman–Crippen MR) is 112 cm³/mol. The molecule has 0 aliphatic carbocycles. The number of carbonyl (C=O) groups excluding carboxylic acids is 1. The first kappa shape index (κ1) is 19.8. The molecule has 0 radical (unpaired) electrons. The molecule has 0 unspecified atom stereocenters. The number of primary sulfonamides is 1. The normalized spacial score (nSPS) is 12.2. The molecule has 150 valence electrons. The molecule has 1 amide bonds. The predicted octanol–water partition coefficient (Wildman–Crippen LogP) is 2.38. The summed E-state index contributed by atoms with van der Waals surface area (Å²) in [6, 6.07) is 15.1. The number of nitrogens with zero attached hydrogens (tertiary/aromatic N) is 3. The van der Waals surface area contributed by atoms with Crippen molar-refractivity contribution in [2.24, 2.45) is 10.1 Å². The number of terminal acetylenes is 1. The van der Waals surface area contributed by atoms with E-state index in [9.17, 15) is 13.2 Å². The van der Waals surface area contributed by atoms with Crippen molar-refractivity contribution in [2.45, 2.75) is 11.4 Å². The molecule has 0 fully saturated rings. The van der Waals surface area contributed by atoms with E-state index in [-0.39, 0.29) is 17.1 Å². The van der Waals surface area contributed by atoms with Crippen LogP contribution in [0.3, 0.4) is 0 Å². The van der Waals surface area contributed by atoms with E-state index < -0.39 is 15.9 Å². The fraction of sp³-hybridized carbons (Fsp3) is 0.0500. The van der Waals surface area contributed by atoms with Gasteiger partial charge in [0.2, 0.25) is 10.0 Å². The third-order valence-electron chi connectivity index (χ3n) is 4.22. The summed E-state index contributed by atoms with van der Waals surface area (Å²) in [5.41, 5.74) is 1.47. The van der Waals surface area contributed by atoms with E-state index in [0.717, 1.165) is 16.9 Å². The van der Waals surface area contributed by atoms with Gasteiger partial charge in [-0.15, -0.1) is 6.42 Å². The first-order valence-corrected chi connectivity index (χ1v) is 10.9. The highest BCUT2D eigenvalue weighted by Crippen LogP contribution is 2.22. The Hall–Kier alpha value is -3.52. The van der Waals surface area contributed by atoms with Crippen molar-refractivity contribution in [2.75, 3.05) is 0 Å². The lowest BCUT2D eigenvalue weighted by Crippen LogP contribution is -2.16. The van der Waals surface area contributed by atoms with Crippen molar-refractivity contribution in [1.29, 1.82) is 0 Å². The fourth-order valence-corrected chi connectivity index (χ4v) is 4.50. The standard InChI is InChI=1S/C20H14N4O4S2/c1-2-10-24-16-9-8-14(30(21,26)27)11-18(16)29-20(24)22-19(25)15-12-17(28-23-15)13-6-4-3-5-7-13/h1,3-9,11-12H,10H2,(H2,21,26,27). The minimum absolute atomic E-state index is 0.0361. The van der Waals surface area contributed by atoms with E-state index in [0.29, 0.717) is 20.8 Å². The SMILES string of the molecule is C#CCn1c(=NC(=O)c2cc(-c3ccccc3)on2)sc2cc(S(N)(=O)=O)ccc21.